The number of carbonyl (C=O) groups excluding carboxylic acids is 2. The third-order valence-electron chi connectivity index (χ3n) is 3.64. The fraction of sp³-hybridized carbons (Fsp3) is 0.571. The molecule has 0 spiro atoms. The number of amides is 2. The molecular weight excluding hydrogens is 274 g/mol. The molecule has 1 aliphatic rings. The van der Waals surface area contributed by atoms with Crippen LogP contribution in [0, 0.1) is 5.92 Å². The predicted octanol–water partition coefficient (Wildman–Crippen LogP) is 1.11. The second-order valence-corrected chi connectivity index (χ2v) is 6.09. The van der Waals surface area contributed by atoms with Crippen molar-refractivity contribution in [3.63, 3.8) is 0 Å². The zero-order chi connectivity index (χ0) is 14.4. The summed E-state index contributed by atoms with van der Waals surface area (Å²) in [6.07, 6.45) is 3.69. The van der Waals surface area contributed by atoms with E-state index in [2.05, 4.69) is 10.6 Å². The van der Waals surface area contributed by atoms with E-state index in [-0.39, 0.29) is 17.9 Å². The van der Waals surface area contributed by atoms with E-state index in [9.17, 15) is 9.59 Å². The van der Waals surface area contributed by atoms with Gasteiger partial charge in [-0.15, -0.1) is 11.3 Å². The van der Waals surface area contributed by atoms with E-state index >= 15 is 0 Å². The summed E-state index contributed by atoms with van der Waals surface area (Å²) in [7, 11) is 0. The lowest BCUT2D eigenvalue weighted by Gasteiger charge is -2.14. The first kappa shape index (κ1) is 15.0. The first-order chi connectivity index (χ1) is 9.66. The molecule has 2 amide bonds. The molecule has 2 rings (SSSR count). The number of carbonyl (C=O) groups is 2. The van der Waals surface area contributed by atoms with Gasteiger partial charge >= 0.3 is 0 Å². The quantitative estimate of drug-likeness (QED) is 0.687. The van der Waals surface area contributed by atoms with Gasteiger partial charge in [0.25, 0.3) is 5.91 Å². The largest absolute Gasteiger partial charge is 0.354 e. The Hall–Kier alpha value is -1.40. The van der Waals surface area contributed by atoms with Gasteiger partial charge in [0.05, 0.1) is 4.88 Å². The van der Waals surface area contributed by atoms with Crippen LogP contribution in [0.4, 0.5) is 0 Å². The molecule has 1 fully saturated rings. The Morgan fingerprint density at radius 3 is 2.75 bits per heavy atom. The van der Waals surface area contributed by atoms with Crippen molar-refractivity contribution in [3.8, 4) is 0 Å². The van der Waals surface area contributed by atoms with Crippen LogP contribution in [0.25, 0.3) is 0 Å². The van der Waals surface area contributed by atoms with Gasteiger partial charge in [0.2, 0.25) is 5.91 Å². The molecule has 0 saturated heterocycles. The third-order valence-corrected chi connectivity index (χ3v) is 4.51. The SMILES string of the molecule is N[C@@H]1CCC[C@H]1CC(=O)NCCNC(=O)c1cccs1. The van der Waals surface area contributed by atoms with Gasteiger partial charge in [-0.2, -0.15) is 0 Å². The van der Waals surface area contributed by atoms with Crippen LogP contribution in [0.1, 0.15) is 35.4 Å². The van der Waals surface area contributed by atoms with Crippen LogP contribution in [-0.2, 0) is 4.79 Å². The van der Waals surface area contributed by atoms with Crippen molar-refractivity contribution in [2.24, 2.45) is 11.7 Å². The van der Waals surface area contributed by atoms with E-state index in [4.69, 9.17) is 5.73 Å². The second-order valence-electron chi connectivity index (χ2n) is 5.14. The van der Waals surface area contributed by atoms with Crippen molar-refractivity contribution in [2.75, 3.05) is 13.1 Å². The highest BCUT2D eigenvalue weighted by Gasteiger charge is 2.25. The summed E-state index contributed by atoms with van der Waals surface area (Å²) in [5, 5.41) is 7.46. The van der Waals surface area contributed by atoms with Crippen molar-refractivity contribution in [2.45, 2.75) is 31.7 Å². The van der Waals surface area contributed by atoms with Gasteiger partial charge < -0.3 is 16.4 Å². The van der Waals surface area contributed by atoms with Crippen molar-refractivity contribution >= 4 is 23.2 Å². The first-order valence-electron chi connectivity index (χ1n) is 7.01. The Labute approximate surface area is 122 Å². The minimum Gasteiger partial charge on any atom is -0.354 e. The van der Waals surface area contributed by atoms with Crippen LogP contribution in [0.2, 0.25) is 0 Å². The Balaban J connectivity index is 1.59. The molecule has 1 aromatic heterocycles. The summed E-state index contributed by atoms with van der Waals surface area (Å²) in [5.74, 6) is 0.250. The molecular formula is C14H21N3O2S. The standard InChI is InChI=1S/C14H21N3O2S/c15-11-4-1-3-10(11)9-13(18)16-6-7-17-14(19)12-5-2-8-20-12/h2,5,8,10-11H,1,3-4,6-7,9,15H2,(H,16,18)(H,17,19)/t10-,11+/m0/s1. The van der Waals surface area contributed by atoms with Crippen LogP contribution in [0.5, 0.6) is 0 Å². The van der Waals surface area contributed by atoms with Gasteiger partial charge in [0.1, 0.15) is 0 Å². The fourth-order valence-corrected chi connectivity index (χ4v) is 3.14. The van der Waals surface area contributed by atoms with Gasteiger partial charge in [0, 0.05) is 25.6 Å². The zero-order valence-corrected chi connectivity index (χ0v) is 12.2. The molecule has 0 aromatic carbocycles. The molecule has 2 atom stereocenters. The van der Waals surface area contributed by atoms with Gasteiger partial charge in [-0.3, -0.25) is 9.59 Å². The molecule has 1 aliphatic carbocycles. The van der Waals surface area contributed by atoms with E-state index in [1.165, 1.54) is 11.3 Å². The molecule has 0 unspecified atom stereocenters. The van der Waals surface area contributed by atoms with E-state index in [0.29, 0.717) is 30.3 Å². The lowest BCUT2D eigenvalue weighted by atomic mass is 10.00. The number of hydrogen-bond donors (Lipinski definition) is 3. The van der Waals surface area contributed by atoms with Crippen LogP contribution in [-0.4, -0.2) is 30.9 Å². The molecule has 1 heterocycles. The van der Waals surface area contributed by atoms with Crippen LogP contribution in [0.15, 0.2) is 17.5 Å². The predicted molar refractivity (Wildman–Crippen MR) is 79.6 cm³/mol. The number of nitrogens with two attached hydrogens (primary N) is 1. The van der Waals surface area contributed by atoms with Gasteiger partial charge in [-0.05, 0) is 30.2 Å². The normalized spacial score (nSPS) is 21.6. The molecule has 5 nitrogen and oxygen atoms in total. The highest BCUT2D eigenvalue weighted by Crippen LogP contribution is 2.26. The highest BCUT2D eigenvalue weighted by atomic mass is 32.1. The maximum Gasteiger partial charge on any atom is 0.261 e. The molecule has 0 aliphatic heterocycles. The Kier molecular flexibility index (Phi) is 5.55. The van der Waals surface area contributed by atoms with Crippen molar-refractivity contribution in [3.05, 3.63) is 22.4 Å². The summed E-state index contributed by atoms with van der Waals surface area (Å²) in [6.45, 7) is 0.900. The van der Waals surface area contributed by atoms with Gasteiger partial charge in [-0.1, -0.05) is 12.5 Å². The molecule has 1 saturated carbocycles. The van der Waals surface area contributed by atoms with Crippen molar-refractivity contribution < 1.29 is 9.59 Å². The summed E-state index contributed by atoms with van der Waals surface area (Å²) >= 11 is 1.40. The highest BCUT2D eigenvalue weighted by molar-refractivity contribution is 7.12. The average molecular weight is 295 g/mol. The van der Waals surface area contributed by atoms with Crippen molar-refractivity contribution in [1.82, 2.24) is 10.6 Å². The Morgan fingerprint density at radius 2 is 2.10 bits per heavy atom. The summed E-state index contributed by atoms with van der Waals surface area (Å²) < 4.78 is 0. The molecule has 4 N–H and O–H groups in total. The molecule has 20 heavy (non-hydrogen) atoms. The lowest BCUT2D eigenvalue weighted by molar-refractivity contribution is -0.122. The van der Waals surface area contributed by atoms with Crippen LogP contribution in [0.3, 0.4) is 0 Å². The van der Waals surface area contributed by atoms with Crippen LogP contribution >= 0.6 is 11.3 Å². The maximum atomic E-state index is 11.7. The van der Waals surface area contributed by atoms with Crippen LogP contribution < -0.4 is 16.4 Å². The monoisotopic (exact) mass is 295 g/mol. The second kappa shape index (κ2) is 7.40. The topological polar surface area (TPSA) is 84.2 Å². The summed E-state index contributed by atoms with van der Waals surface area (Å²) in [6, 6.07) is 3.78. The number of thiophene rings is 1. The first-order valence-corrected chi connectivity index (χ1v) is 7.89. The fourth-order valence-electron chi connectivity index (χ4n) is 2.50. The maximum absolute atomic E-state index is 11.7. The molecule has 0 bridgehead atoms. The molecule has 0 radical (unpaired) electrons. The van der Waals surface area contributed by atoms with Crippen molar-refractivity contribution in [1.29, 1.82) is 0 Å². The van der Waals surface area contributed by atoms with E-state index in [1.54, 1.807) is 6.07 Å². The Bertz CT molecular complexity index is 447. The average Bonchev–Trinajstić information content (AvgIpc) is 3.07. The summed E-state index contributed by atoms with van der Waals surface area (Å²) in [4.78, 5) is 24.1. The van der Waals surface area contributed by atoms with Gasteiger partial charge in [0.15, 0.2) is 0 Å². The third kappa shape index (κ3) is 4.31. The van der Waals surface area contributed by atoms with E-state index in [1.807, 2.05) is 11.4 Å². The minimum atomic E-state index is -0.0907. The smallest absolute Gasteiger partial charge is 0.261 e. The summed E-state index contributed by atoms with van der Waals surface area (Å²) in [5.41, 5.74) is 5.94. The lowest BCUT2D eigenvalue weighted by Crippen LogP contribution is -2.36. The van der Waals surface area contributed by atoms with E-state index < -0.39 is 0 Å². The molecule has 1 aromatic rings. The number of hydrogen-bond acceptors (Lipinski definition) is 4. The number of rotatable bonds is 6. The van der Waals surface area contributed by atoms with Gasteiger partial charge in [-0.25, -0.2) is 0 Å². The molecule has 110 valence electrons. The van der Waals surface area contributed by atoms with E-state index in [0.717, 1.165) is 19.3 Å². The molecule has 6 heteroatoms. The number of nitrogens with one attached hydrogen (secondary N) is 2. The Morgan fingerprint density at radius 1 is 1.30 bits per heavy atom. The minimum absolute atomic E-state index is 0.0257. The zero-order valence-electron chi connectivity index (χ0n) is 11.4.